The van der Waals surface area contributed by atoms with E-state index in [9.17, 15) is 4.79 Å². The number of ether oxygens (including phenoxy) is 1. The SMILES string of the molecule is CC1CCCN1CCCOc1ccc(N2CCCCC2C=O)cc1. The number of anilines is 1. The Morgan fingerprint density at radius 1 is 1.12 bits per heavy atom. The standard InChI is InChI=1S/C20H30N2O2/c1-17-6-4-12-21(17)13-5-15-24-20-10-8-18(9-11-20)22-14-3-2-7-19(22)16-23/h8-11,16-17,19H,2-7,12-15H2,1H3. The van der Waals surface area contributed by atoms with Crippen molar-refractivity contribution in [1.29, 1.82) is 0 Å². The second-order valence-corrected chi connectivity index (χ2v) is 7.12. The van der Waals surface area contributed by atoms with Crippen LogP contribution in [0.3, 0.4) is 0 Å². The third-order valence-corrected chi connectivity index (χ3v) is 5.42. The molecular formula is C20H30N2O2. The molecule has 24 heavy (non-hydrogen) atoms. The molecule has 0 N–H and O–H groups in total. The largest absolute Gasteiger partial charge is 0.494 e. The van der Waals surface area contributed by atoms with Gasteiger partial charge in [0.2, 0.25) is 0 Å². The van der Waals surface area contributed by atoms with Crippen molar-refractivity contribution in [2.75, 3.05) is 31.1 Å². The van der Waals surface area contributed by atoms with Crippen LogP contribution in [0.4, 0.5) is 5.69 Å². The molecule has 0 amide bonds. The van der Waals surface area contributed by atoms with Crippen LogP contribution in [-0.2, 0) is 4.79 Å². The molecule has 1 aromatic carbocycles. The summed E-state index contributed by atoms with van der Waals surface area (Å²) in [5.74, 6) is 0.924. The van der Waals surface area contributed by atoms with Crippen molar-refractivity contribution < 1.29 is 9.53 Å². The number of rotatable bonds is 7. The highest BCUT2D eigenvalue weighted by Crippen LogP contribution is 2.26. The Bertz CT molecular complexity index is 517. The van der Waals surface area contributed by atoms with Gasteiger partial charge in [0.1, 0.15) is 12.0 Å². The molecule has 0 spiro atoms. The van der Waals surface area contributed by atoms with E-state index in [1.807, 2.05) is 12.1 Å². The Balaban J connectivity index is 1.45. The zero-order valence-electron chi connectivity index (χ0n) is 14.8. The molecule has 2 aliphatic rings. The summed E-state index contributed by atoms with van der Waals surface area (Å²) in [5.41, 5.74) is 1.13. The Labute approximate surface area is 145 Å². The molecular weight excluding hydrogens is 300 g/mol. The van der Waals surface area contributed by atoms with Gasteiger partial charge in [-0.15, -0.1) is 0 Å². The summed E-state index contributed by atoms with van der Waals surface area (Å²) in [6, 6.07) is 9.00. The fraction of sp³-hybridized carbons (Fsp3) is 0.650. The van der Waals surface area contributed by atoms with Gasteiger partial charge in [0, 0.05) is 24.8 Å². The molecule has 0 aliphatic carbocycles. The number of piperidine rings is 1. The van der Waals surface area contributed by atoms with E-state index in [1.54, 1.807) is 0 Å². The summed E-state index contributed by atoms with van der Waals surface area (Å²) in [7, 11) is 0. The number of hydrogen-bond acceptors (Lipinski definition) is 4. The smallest absolute Gasteiger partial charge is 0.142 e. The average molecular weight is 330 g/mol. The fourth-order valence-electron chi connectivity index (χ4n) is 3.94. The van der Waals surface area contributed by atoms with Crippen LogP contribution in [0.15, 0.2) is 24.3 Å². The van der Waals surface area contributed by atoms with Gasteiger partial charge in [-0.05, 0) is 76.3 Å². The zero-order chi connectivity index (χ0) is 16.8. The molecule has 0 radical (unpaired) electrons. The zero-order valence-corrected chi connectivity index (χ0v) is 14.8. The molecule has 2 aliphatic heterocycles. The topological polar surface area (TPSA) is 32.8 Å². The van der Waals surface area contributed by atoms with Gasteiger partial charge >= 0.3 is 0 Å². The Morgan fingerprint density at radius 2 is 1.96 bits per heavy atom. The van der Waals surface area contributed by atoms with Crippen molar-refractivity contribution in [1.82, 2.24) is 4.90 Å². The van der Waals surface area contributed by atoms with Crippen LogP contribution in [0.25, 0.3) is 0 Å². The quantitative estimate of drug-likeness (QED) is 0.566. The first-order valence-electron chi connectivity index (χ1n) is 9.47. The molecule has 0 bridgehead atoms. The lowest BCUT2D eigenvalue weighted by molar-refractivity contribution is -0.109. The maximum Gasteiger partial charge on any atom is 0.142 e. The lowest BCUT2D eigenvalue weighted by Gasteiger charge is -2.34. The molecule has 4 heteroatoms. The molecule has 4 nitrogen and oxygen atoms in total. The summed E-state index contributed by atoms with van der Waals surface area (Å²) in [4.78, 5) is 16.0. The monoisotopic (exact) mass is 330 g/mol. The van der Waals surface area contributed by atoms with Crippen LogP contribution in [0.2, 0.25) is 0 Å². The van der Waals surface area contributed by atoms with E-state index in [0.29, 0.717) is 0 Å². The summed E-state index contributed by atoms with van der Waals surface area (Å²) in [6.45, 7) is 6.43. The molecule has 132 valence electrons. The van der Waals surface area contributed by atoms with Gasteiger partial charge in [-0.1, -0.05) is 0 Å². The van der Waals surface area contributed by atoms with Crippen molar-refractivity contribution in [3.63, 3.8) is 0 Å². The van der Waals surface area contributed by atoms with Gasteiger partial charge in [0.15, 0.2) is 0 Å². The molecule has 1 aromatic rings. The number of benzene rings is 1. The van der Waals surface area contributed by atoms with Gasteiger partial charge in [-0.25, -0.2) is 0 Å². The Kier molecular flexibility index (Phi) is 6.13. The van der Waals surface area contributed by atoms with E-state index >= 15 is 0 Å². The number of nitrogens with zero attached hydrogens (tertiary/aromatic N) is 2. The third kappa shape index (κ3) is 4.29. The van der Waals surface area contributed by atoms with Crippen molar-refractivity contribution in [2.24, 2.45) is 0 Å². The first-order chi connectivity index (χ1) is 11.8. The van der Waals surface area contributed by atoms with E-state index in [0.717, 1.165) is 69.1 Å². The van der Waals surface area contributed by atoms with E-state index < -0.39 is 0 Å². The molecule has 0 aromatic heterocycles. The van der Waals surface area contributed by atoms with Crippen molar-refractivity contribution in [3.8, 4) is 5.75 Å². The normalized spacial score (nSPS) is 25.0. The lowest BCUT2D eigenvalue weighted by atomic mass is 10.0. The van der Waals surface area contributed by atoms with Crippen molar-refractivity contribution in [3.05, 3.63) is 24.3 Å². The average Bonchev–Trinajstić information content (AvgIpc) is 3.04. The highest BCUT2D eigenvalue weighted by molar-refractivity contribution is 5.66. The number of likely N-dealkylation sites (tertiary alicyclic amines) is 1. The highest BCUT2D eigenvalue weighted by atomic mass is 16.5. The summed E-state index contributed by atoms with van der Waals surface area (Å²) in [5, 5.41) is 0. The minimum absolute atomic E-state index is 0.0352. The Morgan fingerprint density at radius 3 is 2.67 bits per heavy atom. The number of carbonyl (C=O) groups is 1. The maximum atomic E-state index is 11.2. The molecule has 2 unspecified atom stereocenters. The fourth-order valence-corrected chi connectivity index (χ4v) is 3.94. The molecule has 3 rings (SSSR count). The molecule has 2 fully saturated rings. The van der Waals surface area contributed by atoms with Gasteiger partial charge < -0.3 is 19.3 Å². The van der Waals surface area contributed by atoms with Crippen LogP contribution in [0.1, 0.15) is 45.4 Å². The second kappa shape index (κ2) is 8.52. The maximum absolute atomic E-state index is 11.2. The van der Waals surface area contributed by atoms with Crippen LogP contribution in [0.5, 0.6) is 5.75 Å². The first kappa shape index (κ1) is 17.3. The summed E-state index contributed by atoms with van der Waals surface area (Å²) in [6.07, 6.45) is 8.11. The first-order valence-corrected chi connectivity index (χ1v) is 9.47. The van der Waals surface area contributed by atoms with Crippen molar-refractivity contribution >= 4 is 12.0 Å². The predicted octanol–water partition coefficient (Wildman–Crippen LogP) is 3.50. The molecule has 2 saturated heterocycles. The number of carbonyl (C=O) groups excluding carboxylic acids is 1. The Hall–Kier alpha value is -1.55. The minimum Gasteiger partial charge on any atom is -0.494 e. The van der Waals surface area contributed by atoms with Gasteiger partial charge in [-0.3, -0.25) is 0 Å². The van der Waals surface area contributed by atoms with E-state index in [4.69, 9.17) is 4.74 Å². The third-order valence-electron chi connectivity index (χ3n) is 5.42. The second-order valence-electron chi connectivity index (χ2n) is 7.12. The van der Waals surface area contributed by atoms with Crippen molar-refractivity contribution in [2.45, 2.75) is 57.5 Å². The highest BCUT2D eigenvalue weighted by Gasteiger charge is 2.22. The predicted molar refractivity (Wildman–Crippen MR) is 97.9 cm³/mol. The van der Waals surface area contributed by atoms with E-state index in [1.165, 1.54) is 19.4 Å². The molecule has 2 heterocycles. The summed E-state index contributed by atoms with van der Waals surface area (Å²) < 4.78 is 5.88. The van der Waals surface area contributed by atoms with Crippen LogP contribution < -0.4 is 9.64 Å². The van der Waals surface area contributed by atoms with Crippen LogP contribution in [-0.4, -0.2) is 49.5 Å². The summed E-state index contributed by atoms with van der Waals surface area (Å²) >= 11 is 0. The number of aldehydes is 1. The van der Waals surface area contributed by atoms with Crippen LogP contribution in [0, 0.1) is 0 Å². The van der Waals surface area contributed by atoms with E-state index in [-0.39, 0.29) is 6.04 Å². The van der Waals surface area contributed by atoms with Gasteiger partial charge in [0.05, 0.1) is 12.6 Å². The number of hydrogen-bond donors (Lipinski definition) is 0. The lowest BCUT2D eigenvalue weighted by Crippen LogP contribution is -2.40. The molecule has 2 atom stereocenters. The van der Waals surface area contributed by atoms with Gasteiger partial charge in [-0.2, -0.15) is 0 Å². The van der Waals surface area contributed by atoms with Crippen LogP contribution >= 0.6 is 0 Å². The van der Waals surface area contributed by atoms with Gasteiger partial charge in [0.25, 0.3) is 0 Å². The minimum atomic E-state index is 0.0352. The molecule has 0 saturated carbocycles. The van der Waals surface area contributed by atoms with E-state index in [2.05, 4.69) is 28.9 Å².